The van der Waals surface area contributed by atoms with Crippen LogP contribution in [0.4, 0.5) is 0 Å². The highest BCUT2D eigenvalue weighted by molar-refractivity contribution is 9.10. The van der Waals surface area contributed by atoms with Gasteiger partial charge in [0.2, 0.25) is 0 Å². The van der Waals surface area contributed by atoms with Gasteiger partial charge in [0.05, 0.1) is 0 Å². The monoisotopic (exact) mass is 337 g/mol. The van der Waals surface area contributed by atoms with Gasteiger partial charge < -0.3 is 10.0 Å². The van der Waals surface area contributed by atoms with E-state index in [4.69, 9.17) is 17.3 Å². The Morgan fingerprint density at radius 3 is 2.74 bits per heavy atom. The number of rotatable bonds is 3. The zero-order valence-corrected chi connectivity index (χ0v) is 12.7. The average Bonchev–Trinajstić information content (AvgIpc) is 2.36. The Labute approximate surface area is 125 Å². The minimum absolute atomic E-state index is 0.111. The summed E-state index contributed by atoms with van der Waals surface area (Å²) in [6.45, 7) is -0.111. The van der Waals surface area contributed by atoms with E-state index in [1.54, 1.807) is 11.9 Å². The number of carboxylic acids is 1. The molecule has 0 bridgehead atoms. The summed E-state index contributed by atoms with van der Waals surface area (Å²) in [6.07, 6.45) is 0. The van der Waals surface area contributed by atoms with Crippen molar-refractivity contribution in [1.29, 1.82) is 0 Å². The highest BCUT2D eigenvalue weighted by Crippen LogP contribution is 2.25. The van der Waals surface area contributed by atoms with Crippen molar-refractivity contribution in [3.8, 4) is 0 Å². The SMILES string of the molecule is CN(CC(=O)O)C(=S)c1cc(Br)cc2ccccc12. The highest BCUT2D eigenvalue weighted by atomic mass is 79.9. The molecule has 2 aromatic carbocycles. The molecule has 0 amide bonds. The third-order valence-corrected chi connectivity index (χ3v) is 3.77. The van der Waals surface area contributed by atoms with Crippen LogP contribution in [0.3, 0.4) is 0 Å². The molecule has 5 heteroatoms. The summed E-state index contributed by atoms with van der Waals surface area (Å²) in [5.74, 6) is -0.899. The van der Waals surface area contributed by atoms with Crippen LogP contribution in [0.5, 0.6) is 0 Å². The molecule has 0 saturated carbocycles. The quantitative estimate of drug-likeness (QED) is 0.872. The first-order valence-electron chi connectivity index (χ1n) is 5.64. The van der Waals surface area contributed by atoms with Crippen LogP contribution < -0.4 is 0 Å². The minimum Gasteiger partial charge on any atom is -0.480 e. The van der Waals surface area contributed by atoms with Gasteiger partial charge in [0, 0.05) is 17.1 Å². The number of carboxylic acid groups (broad SMARTS) is 1. The summed E-state index contributed by atoms with van der Waals surface area (Å²) < 4.78 is 0.923. The molecule has 2 aromatic rings. The van der Waals surface area contributed by atoms with E-state index in [1.165, 1.54) is 0 Å². The van der Waals surface area contributed by atoms with E-state index in [9.17, 15) is 4.79 Å². The van der Waals surface area contributed by atoms with Crippen molar-refractivity contribution in [3.05, 3.63) is 46.4 Å². The number of carbonyl (C=O) groups is 1. The average molecular weight is 338 g/mol. The maximum Gasteiger partial charge on any atom is 0.323 e. The lowest BCUT2D eigenvalue weighted by Crippen LogP contribution is -2.31. The van der Waals surface area contributed by atoms with Crippen LogP contribution in [0, 0.1) is 0 Å². The fraction of sp³-hybridized carbons (Fsp3) is 0.143. The van der Waals surface area contributed by atoms with E-state index in [1.807, 2.05) is 36.4 Å². The molecule has 3 nitrogen and oxygen atoms in total. The van der Waals surface area contributed by atoms with Gasteiger partial charge in [0.1, 0.15) is 11.5 Å². The maximum absolute atomic E-state index is 10.8. The number of benzene rings is 2. The van der Waals surface area contributed by atoms with Crippen molar-refractivity contribution >= 4 is 49.9 Å². The molecule has 0 atom stereocenters. The van der Waals surface area contributed by atoms with Crippen molar-refractivity contribution in [3.63, 3.8) is 0 Å². The Morgan fingerprint density at radius 1 is 1.37 bits per heavy atom. The van der Waals surface area contributed by atoms with Crippen molar-refractivity contribution in [2.75, 3.05) is 13.6 Å². The number of hydrogen-bond donors (Lipinski definition) is 1. The number of fused-ring (bicyclic) bond motifs is 1. The molecule has 0 aliphatic rings. The van der Waals surface area contributed by atoms with Crippen LogP contribution in [-0.2, 0) is 4.79 Å². The van der Waals surface area contributed by atoms with Gasteiger partial charge in [-0.3, -0.25) is 4.79 Å². The largest absolute Gasteiger partial charge is 0.480 e. The predicted octanol–water partition coefficient (Wildman–Crippen LogP) is 3.29. The van der Waals surface area contributed by atoms with Crippen LogP contribution in [0.25, 0.3) is 10.8 Å². The highest BCUT2D eigenvalue weighted by Gasteiger charge is 2.13. The summed E-state index contributed by atoms with van der Waals surface area (Å²) in [4.78, 5) is 12.9. The second-order valence-corrected chi connectivity index (χ2v) is 5.53. The van der Waals surface area contributed by atoms with Crippen molar-refractivity contribution in [2.45, 2.75) is 0 Å². The Balaban J connectivity index is 2.49. The number of likely N-dealkylation sites (N-methyl/N-ethyl adjacent to an activating group) is 1. The van der Waals surface area contributed by atoms with E-state index < -0.39 is 5.97 Å². The fourth-order valence-electron chi connectivity index (χ4n) is 1.93. The fourth-order valence-corrected chi connectivity index (χ4v) is 2.64. The van der Waals surface area contributed by atoms with Gasteiger partial charge in [-0.05, 0) is 22.9 Å². The van der Waals surface area contributed by atoms with E-state index >= 15 is 0 Å². The van der Waals surface area contributed by atoms with Gasteiger partial charge in [-0.25, -0.2) is 0 Å². The zero-order valence-electron chi connectivity index (χ0n) is 10.3. The molecule has 0 fully saturated rings. The van der Waals surface area contributed by atoms with Gasteiger partial charge in [0.15, 0.2) is 0 Å². The standard InChI is InChI=1S/C14H12BrNO2S/c1-16(8-13(17)18)14(19)12-7-10(15)6-9-4-2-3-5-11(9)12/h2-7H,8H2,1H3,(H,17,18). The summed E-state index contributed by atoms with van der Waals surface area (Å²) in [7, 11) is 1.69. The summed E-state index contributed by atoms with van der Waals surface area (Å²) in [6, 6.07) is 11.8. The smallest absolute Gasteiger partial charge is 0.323 e. The number of halogens is 1. The third kappa shape index (κ3) is 3.11. The summed E-state index contributed by atoms with van der Waals surface area (Å²) in [5.41, 5.74) is 0.865. The Kier molecular flexibility index (Phi) is 4.17. The Bertz CT molecular complexity index is 657. The van der Waals surface area contributed by atoms with Gasteiger partial charge in [0.25, 0.3) is 0 Å². The molecule has 0 aliphatic heterocycles. The number of hydrogen-bond acceptors (Lipinski definition) is 2. The molecular weight excluding hydrogens is 326 g/mol. The predicted molar refractivity (Wildman–Crippen MR) is 83.6 cm³/mol. The Morgan fingerprint density at radius 2 is 2.05 bits per heavy atom. The normalized spacial score (nSPS) is 10.4. The van der Waals surface area contributed by atoms with Gasteiger partial charge in [-0.2, -0.15) is 0 Å². The minimum atomic E-state index is -0.899. The summed E-state index contributed by atoms with van der Waals surface area (Å²) >= 11 is 8.85. The van der Waals surface area contributed by atoms with Gasteiger partial charge in [-0.15, -0.1) is 0 Å². The van der Waals surface area contributed by atoms with Crippen molar-refractivity contribution in [2.24, 2.45) is 0 Å². The maximum atomic E-state index is 10.8. The molecular formula is C14H12BrNO2S. The molecule has 98 valence electrons. The second kappa shape index (κ2) is 5.67. The number of aliphatic carboxylic acids is 1. The lowest BCUT2D eigenvalue weighted by atomic mass is 10.0. The van der Waals surface area contributed by atoms with Crippen molar-refractivity contribution in [1.82, 2.24) is 4.90 Å². The zero-order chi connectivity index (χ0) is 14.0. The molecule has 19 heavy (non-hydrogen) atoms. The number of nitrogens with zero attached hydrogens (tertiary/aromatic N) is 1. The lowest BCUT2D eigenvalue weighted by Gasteiger charge is -2.19. The molecule has 0 radical (unpaired) electrons. The number of thiocarbonyl (C=S) groups is 1. The molecule has 0 aromatic heterocycles. The molecule has 0 spiro atoms. The molecule has 0 aliphatic carbocycles. The molecule has 0 heterocycles. The van der Waals surface area contributed by atoms with E-state index in [0.717, 1.165) is 20.8 Å². The topological polar surface area (TPSA) is 40.5 Å². The molecule has 2 rings (SSSR count). The molecule has 1 N–H and O–H groups in total. The first kappa shape index (κ1) is 14.0. The van der Waals surface area contributed by atoms with Crippen LogP contribution >= 0.6 is 28.1 Å². The van der Waals surface area contributed by atoms with Crippen LogP contribution in [0.15, 0.2) is 40.9 Å². The van der Waals surface area contributed by atoms with E-state index in [-0.39, 0.29) is 6.54 Å². The first-order chi connectivity index (χ1) is 8.99. The van der Waals surface area contributed by atoms with Crippen LogP contribution in [0.1, 0.15) is 5.56 Å². The lowest BCUT2D eigenvalue weighted by molar-refractivity contribution is -0.137. The Hall–Kier alpha value is -1.46. The van der Waals surface area contributed by atoms with Crippen LogP contribution in [-0.4, -0.2) is 34.6 Å². The summed E-state index contributed by atoms with van der Waals surface area (Å²) in [5, 5.41) is 10.9. The van der Waals surface area contributed by atoms with Crippen LogP contribution in [0.2, 0.25) is 0 Å². The first-order valence-corrected chi connectivity index (χ1v) is 6.84. The third-order valence-electron chi connectivity index (χ3n) is 2.78. The molecule has 0 unspecified atom stereocenters. The van der Waals surface area contributed by atoms with E-state index in [2.05, 4.69) is 15.9 Å². The van der Waals surface area contributed by atoms with Crippen molar-refractivity contribution < 1.29 is 9.90 Å². The second-order valence-electron chi connectivity index (χ2n) is 4.23. The molecule has 0 saturated heterocycles. The van der Waals surface area contributed by atoms with Gasteiger partial charge in [-0.1, -0.05) is 52.4 Å². The van der Waals surface area contributed by atoms with Gasteiger partial charge >= 0.3 is 5.97 Å². The van der Waals surface area contributed by atoms with E-state index in [0.29, 0.717) is 4.99 Å².